The Bertz CT molecular complexity index is 554. The highest BCUT2D eigenvalue weighted by atomic mass is 32.2. The van der Waals surface area contributed by atoms with Crippen LogP contribution in [0.2, 0.25) is 0 Å². The minimum Gasteiger partial charge on any atom is -0.496 e. The fourth-order valence-corrected chi connectivity index (χ4v) is 3.14. The molecule has 2 N–H and O–H groups in total. The number of rotatable bonds is 4. The number of aliphatic imine (C=N–C) groups is 1. The van der Waals surface area contributed by atoms with Crippen LogP contribution in [0.1, 0.15) is 5.56 Å². The Labute approximate surface area is 116 Å². The molecule has 1 atom stereocenters. The number of carbonyl (C=O) groups excluding carboxylic acids is 1. The molecular weight excluding hydrogens is 260 g/mol. The van der Waals surface area contributed by atoms with Crippen molar-refractivity contribution < 1.29 is 9.53 Å². The third-order valence-electron chi connectivity index (χ3n) is 3.29. The van der Waals surface area contributed by atoms with Crippen molar-refractivity contribution in [3.8, 4) is 5.75 Å². The maximum absolute atomic E-state index is 12.2. The zero-order chi connectivity index (χ0) is 13.9. The van der Waals surface area contributed by atoms with Gasteiger partial charge in [-0.2, -0.15) is 0 Å². The Morgan fingerprint density at radius 1 is 1.47 bits per heavy atom. The van der Waals surface area contributed by atoms with Crippen molar-refractivity contribution in [2.24, 2.45) is 10.7 Å². The molecule has 5 heteroatoms. The van der Waals surface area contributed by atoms with E-state index in [4.69, 9.17) is 10.5 Å². The van der Waals surface area contributed by atoms with Crippen LogP contribution in [0.3, 0.4) is 0 Å². The number of methoxy groups -OCH3 is 1. The lowest BCUT2D eigenvalue weighted by Crippen LogP contribution is -2.46. The van der Waals surface area contributed by atoms with Gasteiger partial charge in [-0.05, 0) is 18.4 Å². The summed E-state index contributed by atoms with van der Waals surface area (Å²) in [5.74, 6) is 0.243. The minimum atomic E-state index is -0.930. The van der Waals surface area contributed by atoms with Gasteiger partial charge in [-0.15, -0.1) is 11.8 Å². The predicted molar refractivity (Wildman–Crippen MR) is 78.8 cm³/mol. The summed E-state index contributed by atoms with van der Waals surface area (Å²) in [6.07, 6.45) is 5.48. The Morgan fingerprint density at radius 2 is 2.21 bits per heavy atom. The molecule has 4 nitrogen and oxygen atoms in total. The molecule has 19 heavy (non-hydrogen) atoms. The lowest BCUT2D eigenvalue weighted by molar-refractivity contribution is -0.121. The molecule has 0 bridgehead atoms. The predicted octanol–water partition coefficient (Wildman–Crippen LogP) is 1.75. The standard InChI is InChI=1S/C14H16N2O2S/c1-18-11-6-4-3-5-10(11)14(13(15)17)9-16-8-7-12(14)19-2/h3-8H,9H2,1-2H3,(H2,15,17). The van der Waals surface area contributed by atoms with Crippen molar-refractivity contribution in [3.05, 3.63) is 40.8 Å². The van der Waals surface area contributed by atoms with Gasteiger partial charge in [0.25, 0.3) is 0 Å². The molecule has 0 saturated heterocycles. The second kappa shape index (κ2) is 5.48. The average molecular weight is 276 g/mol. The molecule has 1 heterocycles. The van der Waals surface area contributed by atoms with E-state index in [-0.39, 0.29) is 0 Å². The number of nitrogens with two attached hydrogens (primary N) is 1. The number of benzene rings is 1. The molecule has 1 unspecified atom stereocenters. The summed E-state index contributed by atoms with van der Waals surface area (Å²) in [6.45, 7) is 0.315. The number of hydrogen-bond acceptors (Lipinski definition) is 4. The van der Waals surface area contributed by atoms with E-state index in [1.54, 1.807) is 13.3 Å². The summed E-state index contributed by atoms with van der Waals surface area (Å²) in [5, 5.41) is 0. The summed E-state index contributed by atoms with van der Waals surface area (Å²) in [7, 11) is 1.59. The van der Waals surface area contributed by atoms with Gasteiger partial charge in [0.2, 0.25) is 5.91 Å². The molecule has 100 valence electrons. The van der Waals surface area contributed by atoms with Crippen LogP contribution < -0.4 is 10.5 Å². The van der Waals surface area contributed by atoms with E-state index in [2.05, 4.69) is 4.99 Å². The number of ether oxygens (including phenoxy) is 1. The number of carbonyl (C=O) groups is 1. The highest BCUT2D eigenvalue weighted by molar-refractivity contribution is 8.02. The number of amides is 1. The van der Waals surface area contributed by atoms with E-state index >= 15 is 0 Å². The van der Waals surface area contributed by atoms with Gasteiger partial charge in [0.1, 0.15) is 11.2 Å². The Kier molecular flexibility index (Phi) is 3.95. The summed E-state index contributed by atoms with van der Waals surface area (Å²) in [6, 6.07) is 7.44. The normalized spacial score (nSPS) is 21.9. The summed E-state index contributed by atoms with van der Waals surface area (Å²) in [5.41, 5.74) is 5.54. The lowest BCUT2D eigenvalue weighted by atomic mass is 9.77. The number of primary amides is 1. The number of nitrogens with zero attached hydrogens (tertiary/aromatic N) is 1. The van der Waals surface area contributed by atoms with Gasteiger partial charge in [-0.25, -0.2) is 0 Å². The second-order valence-corrected chi connectivity index (χ2v) is 5.04. The zero-order valence-corrected chi connectivity index (χ0v) is 11.7. The van der Waals surface area contributed by atoms with Gasteiger partial charge < -0.3 is 10.5 Å². The quantitative estimate of drug-likeness (QED) is 0.911. The lowest BCUT2D eigenvalue weighted by Gasteiger charge is -2.33. The fraction of sp³-hybridized carbons (Fsp3) is 0.286. The van der Waals surface area contributed by atoms with Crippen molar-refractivity contribution in [3.63, 3.8) is 0 Å². The van der Waals surface area contributed by atoms with Crippen molar-refractivity contribution in [2.45, 2.75) is 5.41 Å². The van der Waals surface area contributed by atoms with Crippen molar-refractivity contribution in [1.82, 2.24) is 0 Å². The van der Waals surface area contributed by atoms with Gasteiger partial charge >= 0.3 is 0 Å². The number of hydrogen-bond donors (Lipinski definition) is 1. The van der Waals surface area contributed by atoms with Crippen molar-refractivity contribution in [1.29, 1.82) is 0 Å². The Morgan fingerprint density at radius 3 is 2.84 bits per heavy atom. The maximum Gasteiger partial charge on any atom is 0.235 e. The molecule has 0 fully saturated rings. The molecule has 2 rings (SSSR count). The first-order valence-corrected chi connectivity index (χ1v) is 7.07. The molecule has 0 saturated carbocycles. The number of allylic oxidation sites excluding steroid dienone is 1. The van der Waals surface area contributed by atoms with Crippen LogP contribution in [0.5, 0.6) is 5.75 Å². The van der Waals surface area contributed by atoms with E-state index in [0.29, 0.717) is 12.3 Å². The van der Waals surface area contributed by atoms with Crippen LogP contribution in [0, 0.1) is 0 Å². The molecule has 0 spiro atoms. The van der Waals surface area contributed by atoms with E-state index in [9.17, 15) is 4.79 Å². The first-order valence-electron chi connectivity index (χ1n) is 5.84. The SMILES string of the molecule is COc1ccccc1C1(C(N)=O)CN=CC=C1SC. The molecule has 1 amide bonds. The van der Waals surface area contributed by atoms with E-state index in [1.165, 1.54) is 11.8 Å². The van der Waals surface area contributed by atoms with Gasteiger partial charge in [0.05, 0.1) is 13.7 Å². The van der Waals surface area contributed by atoms with Crippen LogP contribution in [0.4, 0.5) is 0 Å². The number of thioether (sulfide) groups is 1. The monoisotopic (exact) mass is 276 g/mol. The van der Waals surface area contributed by atoms with Crippen LogP contribution in [-0.4, -0.2) is 32.0 Å². The molecule has 1 aliphatic rings. The smallest absolute Gasteiger partial charge is 0.235 e. The molecular formula is C14H16N2O2S. The highest BCUT2D eigenvalue weighted by Gasteiger charge is 2.44. The topological polar surface area (TPSA) is 64.7 Å². The molecule has 0 aliphatic carbocycles. The van der Waals surface area contributed by atoms with Crippen LogP contribution >= 0.6 is 11.8 Å². The van der Waals surface area contributed by atoms with Crippen molar-refractivity contribution >= 4 is 23.9 Å². The third-order valence-corrected chi connectivity index (χ3v) is 4.21. The maximum atomic E-state index is 12.2. The van der Waals surface area contributed by atoms with E-state index < -0.39 is 11.3 Å². The number of para-hydroxylation sites is 1. The largest absolute Gasteiger partial charge is 0.496 e. The van der Waals surface area contributed by atoms with Gasteiger partial charge in [0, 0.05) is 16.7 Å². The first-order chi connectivity index (χ1) is 9.16. The van der Waals surface area contributed by atoms with Crippen LogP contribution in [0.25, 0.3) is 0 Å². The molecule has 1 aromatic rings. The van der Waals surface area contributed by atoms with E-state index in [1.807, 2.05) is 36.6 Å². The fourth-order valence-electron chi connectivity index (χ4n) is 2.32. The van der Waals surface area contributed by atoms with Crippen LogP contribution in [-0.2, 0) is 10.2 Å². The van der Waals surface area contributed by atoms with Gasteiger partial charge in [-0.3, -0.25) is 9.79 Å². The highest BCUT2D eigenvalue weighted by Crippen LogP contribution is 2.43. The third kappa shape index (κ3) is 2.14. The molecule has 0 aromatic heterocycles. The summed E-state index contributed by atoms with van der Waals surface area (Å²) in [4.78, 5) is 17.3. The minimum absolute atomic E-state index is 0.315. The zero-order valence-electron chi connectivity index (χ0n) is 10.9. The molecule has 0 radical (unpaired) electrons. The summed E-state index contributed by atoms with van der Waals surface area (Å²) >= 11 is 1.51. The van der Waals surface area contributed by atoms with Crippen molar-refractivity contribution in [2.75, 3.05) is 19.9 Å². The second-order valence-electron chi connectivity index (χ2n) is 4.19. The Balaban J connectivity index is 2.67. The van der Waals surface area contributed by atoms with Gasteiger partial charge in [0.15, 0.2) is 0 Å². The van der Waals surface area contributed by atoms with E-state index in [0.717, 1.165) is 10.5 Å². The first kappa shape index (κ1) is 13.7. The Hall–Kier alpha value is -1.75. The molecule has 1 aliphatic heterocycles. The average Bonchev–Trinajstić information content (AvgIpc) is 2.46. The summed E-state index contributed by atoms with van der Waals surface area (Å²) < 4.78 is 5.37. The molecule has 1 aromatic carbocycles. The van der Waals surface area contributed by atoms with Gasteiger partial charge in [-0.1, -0.05) is 18.2 Å². The van der Waals surface area contributed by atoms with Crippen LogP contribution in [0.15, 0.2) is 40.2 Å². The number of dihydropyridines is 1.